The largest absolute Gasteiger partial charge is 0.342 e. The first-order valence-electron chi connectivity index (χ1n) is 3.83. The minimum atomic E-state index is -0.186. The number of likely N-dealkylation sites (tertiary alicyclic amines) is 1. The number of nitrogens with zero attached hydrogens (tertiary/aromatic N) is 2. The summed E-state index contributed by atoms with van der Waals surface area (Å²) in [6, 6.07) is 0. The van der Waals surface area contributed by atoms with E-state index in [1.54, 1.807) is 0 Å². The molecule has 11 heavy (non-hydrogen) atoms. The molecule has 0 bridgehead atoms. The van der Waals surface area contributed by atoms with Crippen LogP contribution in [-0.2, 0) is 4.79 Å². The van der Waals surface area contributed by atoms with Gasteiger partial charge in [0, 0.05) is 13.1 Å². The van der Waals surface area contributed by atoms with Gasteiger partial charge in [0.15, 0.2) is 0 Å². The fourth-order valence-electron chi connectivity index (χ4n) is 1.91. The number of carbonyl (C=O) groups is 1. The molecule has 4 heteroatoms. The molecule has 4 nitrogen and oxygen atoms in total. The third-order valence-corrected chi connectivity index (χ3v) is 2.69. The van der Waals surface area contributed by atoms with Crippen molar-refractivity contribution in [1.29, 1.82) is 0 Å². The SMILES string of the molecule is CN1CC2(C1)C(=O)NCN2C. The monoisotopic (exact) mass is 155 g/mol. The Morgan fingerprint density at radius 2 is 2.09 bits per heavy atom. The quantitative estimate of drug-likeness (QED) is 0.472. The molecular formula is C7H13N3O. The maximum Gasteiger partial charge on any atom is 0.244 e. The molecule has 0 aromatic heterocycles. The zero-order valence-electron chi connectivity index (χ0n) is 6.92. The van der Waals surface area contributed by atoms with Crippen LogP contribution in [0.5, 0.6) is 0 Å². The van der Waals surface area contributed by atoms with Gasteiger partial charge in [0.1, 0.15) is 5.54 Å². The Labute approximate surface area is 66.1 Å². The maximum absolute atomic E-state index is 11.4. The molecule has 0 saturated carbocycles. The van der Waals surface area contributed by atoms with E-state index in [0.717, 1.165) is 13.1 Å². The predicted molar refractivity (Wildman–Crippen MR) is 41.0 cm³/mol. The Balaban J connectivity index is 2.17. The van der Waals surface area contributed by atoms with Gasteiger partial charge >= 0.3 is 0 Å². The maximum atomic E-state index is 11.4. The van der Waals surface area contributed by atoms with Gasteiger partial charge in [-0.1, -0.05) is 0 Å². The fraction of sp³-hybridized carbons (Fsp3) is 0.857. The number of rotatable bonds is 0. The molecule has 0 radical (unpaired) electrons. The Kier molecular flexibility index (Phi) is 1.25. The highest BCUT2D eigenvalue weighted by molar-refractivity contribution is 5.89. The van der Waals surface area contributed by atoms with E-state index in [1.165, 1.54) is 0 Å². The summed E-state index contributed by atoms with van der Waals surface area (Å²) in [4.78, 5) is 15.6. The molecule has 2 rings (SSSR count). The summed E-state index contributed by atoms with van der Waals surface area (Å²) in [5.74, 6) is 0.193. The van der Waals surface area contributed by atoms with E-state index in [2.05, 4.69) is 15.1 Å². The summed E-state index contributed by atoms with van der Waals surface area (Å²) in [6.45, 7) is 2.44. The average molecular weight is 155 g/mol. The number of hydrogen-bond donors (Lipinski definition) is 1. The minimum absolute atomic E-state index is 0.186. The summed E-state index contributed by atoms with van der Waals surface area (Å²) in [7, 11) is 4.02. The van der Waals surface area contributed by atoms with Gasteiger partial charge in [0.25, 0.3) is 0 Å². The Morgan fingerprint density at radius 3 is 2.45 bits per heavy atom. The first-order valence-corrected chi connectivity index (χ1v) is 3.83. The molecule has 2 heterocycles. The van der Waals surface area contributed by atoms with Crippen LogP contribution >= 0.6 is 0 Å². The summed E-state index contributed by atoms with van der Waals surface area (Å²) in [6.07, 6.45) is 0. The average Bonchev–Trinajstić information content (AvgIpc) is 2.15. The molecule has 0 aromatic carbocycles. The molecule has 62 valence electrons. The van der Waals surface area contributed by atoms with Crippen LogP contribution in [-0.4, -0.2) is 55.1 Å². The fourth-order valence-corrected chi connectivity index (χ4v) is 1.91. The molecule has 1 spiro atoms. The summed E-state index contributed by atoms with van der Waals surface area (Å²) in [5, 5.41) is 2.84. The van der Waals surface area contributed by atoms with Gasteiger partial charge in [0.2, 0.25) is 5.91 Å². The Morgan fingerprint density at radius 1 is 1.45 bits per heavy atom. The molecule has 2 aliphatic heterocycles. The second-order valence-corrected chi connectivity index (χ2v) is 3.57. The lowest BCUT2D eigenvalue weighted by atomic mass is 9.89. The van der Waals surface area contributed by atoms with Crippen LogP contribution in [0.15, 0.2) is 0 Å². The van der Waals surface area contributed by atoms with E-state index in [1.807, 2.05) is 14.1 Å². The molecule has 0 aliphatic carbocycles. The van der Waals surface area contributed by atoms with Gasteiger partial charge in [-0.15, -0.1) is 0 Å². The van der Waals surface area contributed by atoms with Gasteiger partial charge in [-0.05, 0) is 14.1 Å². The number of nitrogens with one attached hydrogen (secondary N) is 1. The van der Waals surface area contributed by atoms with Crippen molar-refractivity contribution in [3.63, 3.8) is 0 Å². The van der Waals surface area contributed by atoms with E-state index < -0.39 is 0 Å². The molecule has 2 saturated heterocycles. The second kappa shape index (κ2) is 1.95. The van der Waals surface area contributed by atoms with E-state index in [-0.39, 0.29) is 11.4 Å². The second-order valence-electron chi connectivity index (χ2n) is 3.57. The van der Waals surface area contributed by atoms with Crippen molar-refractivity contribution in [1.82, 2.24) is 15.1 Å². The van der Waals surface area contributed by atoms with Crippen LogP contribution in [0, 0.1) is 0 Å². The smallest absolute Gasteiger partial charge is 0.244 e. The zero-order valence-corrected chi connectivity index (χ0v) is 6.92. The lowest BCUT2D eigenvalue weighted by Gasteiger charge is -2.47. The highest BCUT2D eigenvalue weighted by Gasteiger charge is 2.54. The first kappa shape index (κ1) is 7.06. The van der Waals surface area contributed by atoms with Crippen LogP contribution in [0.4, 0.5) is 0 Å². The van der Waals surface area contributed by atoms with Crippen LogP contribution in [0.1, 0.15) is 0 Å². The zero-order chi connectivity index (χ0) is 8.06. The molecule has 2 fully saturated rings. The van der Waals surface area contributed by atoms with Gasteiger partial charge < -0.3 is 10.2 Å². The van der Waals surface area contributed by atoms with Crippen LogP contribution in [0.2, 0.25) is 0 Å². The van der Waals surface area contributed by atoms with Gasteiger partial charge in [-0.3, -0.25) is 9.69 Å². The molecule has 2 aliphatic rings. The van der Waals surface area contributed by atoms with Crippen LogP contribution in [0.3, 0.4) is 0 Å². The Bertz CT molecular complexity index is 198. The van der Waals surface area contributed by atoms with Gasteiger partial charge in [-0.25, -0.2) is 0 Å². The minimum Gasteiger partial charge on any atom is -0.342 e. The molecule has 1 amide bonds. The van der Waals surface area contributed by atoms with Crippen molar-refractivity contribution < 1.29 is 4.79 Å². The van der Waals surface area contributed by atoms with Crippen molar-refractivity contribution in [2.45, 2.75) is 5.54 Å². The molecule has 1 N–H and O–H groups in total. The van der Waals surface area contributed by atoms with Crippen LogP contribution < -0.4 is 5.32 Å². The van der Waals surface area contributed by atoms with Crippen molar-refractivity contribution in [3.8, 4) is 0 Å². The van der Waals surface area contributed by atoms with Crippen molar-refractivity contribution >= 4 is 5.91 Å². The summed E-state index contributed by atoms with van der Waals surface area (Å²) in [5.41, 5.74) is -0.186. The molecule has 0 aromatic rings. The lowest BCUT2D eigenvalue weighted by Crippen LogP contribution is -2.69. The predicted octanol–water partition coefficient (Wildman–Crippen LogP) is -1.31. The first-order chi connectivity index (χ1) is 5.15. The lowest BCUT2D eigenvalue weighted by molar-refractivity contribution is -0.134. The number of amides is 1. The van der Waals surface area contributed by atoms with E-state index >= 15 is 0 Å². The number of hydrogen-bond acceptors (Lipinski definition) is 3. The summed E-state index contributed by atoms with van der Waals surface area (Å²) >= 11 is 0. The van der Waals surface area contributed by atoms with Crippen molar-refractivity contribution in [3.05, 3.63) is 0 Å². The third kappa shape index (κ3) is 0.736. The highest BCUT2D eigenvalue weighted by Crippen LogP contribution is 2.28. The topological polar surface area (TPSA) is 35.6 Å². The number of carbonyl (C=O) groups excluding carboxylic acids is 1. The highest BCUT2D eigenvalue weighted by atomic mass is 16.2. The molecule has 0 unspecified atom stereocenters. The molecular weight excluding hydrogens is 142 g/mol. The summed E-state index contributed by atoms with van der Waals surface area (Å²) < 4.78 is 0. The van der Waals surface area contributed by atoms with Crippen LogP contribution in [0.25, 0.3) is 0 Å². The van der Waals surface area contributed by atoms with Gasteiger partial charge in [0.05, 0.1) is 6.67 Å². The van der Waals surface area contributed by atoms with E-state index in [0.29, 0.717) is 6.67 Å². The molecule has 0 atom stereocenters. The van der Waals surface area contributed by atoms with E-state index in [9.17, 15) is 4.79 Å². The van der Waals surface area contributed by atoms with Crippen molar-refractivity contribution in [2.75, 3.05) is 33.9 Å². The number of likely N-dealkylation sites (N-methyl/N-ethyl adjacent to an activating group) is 2. The normalized spacial score (nSPS) is 30.5. The standard InChI is InChI=1S/C7H13N3O/c1-9-3-7(4-9)6(11)8-5-10(7)2/h3-5H2,1-2H3,(H,8,11). The van der Waals surface area contributed by atoms with E-state index in [4.69, 9.17) is 0 Å². The van der Waals surface area contributed by atoms with Gasteiger partial charge in [-0.2, -0.15) is 0 Å². The Hall–Kier alpha value is -0.610. The third-order valence-electron chi connectivity index (χ3n) is 2.69. The van der Waals surface area contributed by atoms with Crippen molar-refractivity contribution in [2.24, 2.45) is 0 Å².